The molecular weight excluding hydrogens is 1710 g/mol. The van der Waals surface area contributed by atoms with Gasteiger partial charge in [-0.25, -0.2) is 28.8 Å². The van der Waals surface area contributed by atoms with Crippen molar-refractivity contribution in [2.24, 2.45) is 71.0 Å². The number of aliphatic hydroxyl groups excluding tert-OH is 4. The van der Waals surface area contributed by atoms with Gasteiger partial charge in [0.05, 0.1) is 38.6 Å². The van der Waals surface area contributed by atoms with Crippen molar-refractivity contribution in [2.45, 2.75) is 377 Å². The normalized spacial score (nSPS) is 23.8. The lowest BCUT2D eigenvalue weighted by Gasteiger charge is -2.32. The average molecular weight is 1880 g/mol. The van der Waals surface area contributed by atoms with Crippen molar-refractivity contribution in [1.82, 2.24) is 0 Å². The first kappa shape index (κ1) is 116. The Morgan fingerprint density at radius 2 is 0.619 bits per heavy atom. The smallest absolute Gasteiger partial charge is 0.482 e. The summed E-state index contributed by atoms with van der Waals surface area (Å²) in [5, 5.41) is 78.4. The minimum absolute atomic E-state index is 0.0674. The van der Waals surface area contributed by atoms with E-state index in [0.717, 1.165) is 247 Å². The van der Waals surface area contributed by atoms with E-state index >= 15 is 0 Å². The zero-order valence-corrected chi connectivity index (χ0v) is 83.7. The van der Waals surface area contributed by atoms with Gasteiger partial charge in [-0.15, -0.1) is 0 Å². The zero-order chi connectivity index (χ0) is 98.9. The van der Waals surface area contributed by atoms with Crippen LogP contribution in [0.2, 0.25) is 0 Å². The molecule has 0 amide bonds. The number of carbonyl (C=O) groups is 8. The van der Waals surface area contributed by atoms with E-state index in [0.29, 0.717) is 76.8 Å². The molecule has 8 aliphatic carbocycles. The first-order valence-corrected chi connectivity index (χ1v) is 51.0. The number of hydrogen-bond donors (Lipinski definition) is 8. The predicted molar refractivity (Wildman–Crippen MR) is 517 cm³/mol. The van der Waals surface area contributed by atoms with Gasteiger partial charge >= 0.3 is 48.1 Å². The lowest BCUT2D eigenvalue weighted by molar-refractivity contribution is -0.149. The Kier molecular flexibility index (Phi) is 54.4. The van der Waals surface area contributed by atoms with Crippen molar-refractivity contribution >= 4 is 48.1 Å². The van der Waals surface area contributed by atoms with E-state index in [2.05, 4.69) is 52.0 Å². The number of esters is 2. The molecule has 4 saturated carbocycles. The number of unbranched alkanes of at least 4 members (excludes halogenated alkanes) is 8. The number of methoxy groups -OCH3 is 2. The molecule has 0 radical (unpaired) electrons. The van der Waals surface area contributed by atoms with Crippen LogP contribution >= 0.6 is 0 Å². The largest absolute Gasteiger partial charge is 0.508 e. The van der Waals surface area contributed by atoms with Crippen LogP contribution in [0, 0.1) is 71.0 Å². The summed E-state index contributed by atoms with van der Waals surface area (Å²) in [5.74, 6) is 1.80. The molecule has 0 aliphatic heterocycles. The van der Waals surface area contributed by atoms with E-state index in [1.807, 2.05) is 104 Å². The van der Waals surface area contributed by atoms with Crippen molar-refractivity contribution in [2.75, 3.05) is 40.6 Å². The molecule has 0 aromatic heterocycles. The number of benzene rings is 4. The van der Waals surface area contributed by atoms with E-state index in [-0.39, 0.29) is 111 Å². The summed E-state index contributed by atoms with van der Waals surface area (Å²) in [5.41, 5.74) is 9.06. The lowest BCUT2D eigenvalue weighted by atomic mass is 9.73. The molecule has 0 bridgehead atoms. The Morgan fingerprint density at radius 3 is 0.910 bits per heavy atom. The molecule has 26 nitrogen and oxygen atoms in total. The summed E-state index contributed by atoms with van der Waals surface area (Å²) < 4.78 is 54.0. The molecule has 4 aromatic rings. The number of aliphatic carboxylic acids is 4. The number of fused-ring (bicyclic) bond motifs is 8. The van der Waals surface area contributed by atoms with Crippen LogP contribution < -0.4 is 18.9 Å². The van der Waals surface area contributed by atoms with Crippen LogP contribution in [0.25, 0.3) is 0 Å². The fourth-order valence-electron chi connectivity index (χ4n) is 22.2. The number of hydrogen-bond acceptors (Lipinski definition) is 22. The van der Waals surface area contributed by atoms with Crippen LogP contribution in [0.3, 0.4) is 0 Å². The maximum absolute atomic E-state index is 11.9. The molecule has 0 spiro atoms. The van der Waals surface area contributed by atoms with Gasteiger partial charge in [0.2, 0.25) is 0 Å². The van der Waals surface area contributed by atoms with Crippen LogP contribution in [-0.2, 0) is 109 Å². The second kappa shape index (κ2) is 62.9. The number of rotatable bonds is 44. The van der Waals surface area contributed by atoms with Crippen molar-refractivity contribution in [3.63, 3.8) is 0 Å². The van der Waals surface area contributed by atoms with Gasteiger partial charge < -0.3 is 88.2 Å². The molecule has 8 N–H and O–H groups in total. The second-order valence-electron chi connectivity index (χ2n) is 36.7. The molecule has 0 unspecified atom stereocenters. The molecule has 4 aromatic carbocycles. The number of carboxylic acid groups (broad SMARTS) is 4. The highest BCUT2D eigenvalue weighted by atomic mass is 16.7. The second-order valence-corrected chi connectivity index (χ2v) is 36.7. The van der Waals surface area contributed by atoms with Gasteiger partial charge in [0.15, 0.2) is 26.4 Å². The fraction of sp³-hybridized carbons (Fsp3) is 0.704. The van der Waals surface area contributed by atoms with Crippen molar-refractivity contribution < 1.29 is 127 Å². The van der Waals surface area contributed by atoms with E-state index in [1.54, 1.807) is 0 Å². The molecule has 26 heteroatoms. The van der Waals surface area contributed by atoms with Crippen LogP contribution in [0.15, 0.2) is 72.8 Å². The molecule has 756 valence electrons. The predicted octanol–water partition coefficient (Wildman–Crippen LogP) is 21.2. The summed E-state index contributed by atoms with van der Waals surface area (Å²) in [4.78, 5) is 90.5. The SMILES string of the molecule is CC.CC.CC.CC.CCCCC[C@@H](CC[C@@H]1[C@H]2Cc3cccc(OCC(=O)O)c3C[C@H]2C[C@H]1O)OC(=O)OC.CCCCC[C@@H](CC[C@@H]1[C@H]2Cc3cccc(OCC(=O)O)c3C[C@H]2C[C@H]1O)OC(C)=O.CCCCC[C@H](O)CC[C@@H]1[C@H]2Cc3cccc(OCC(=O)O)c3C[C@H]2C[C@H]1OC(=O)OC.CCCCC[C@H](O)CC[C@@H]1[C@H]2Cc3cccc(OCC(=O)O)c3C[C@H]2C[C@H]1OC(C)=O. The van der Waals surface area contributed by atoms with Crippen molar-refractivity contribution in [3.8, 4) is 23.0 Å². The van der Waals surface area contributed by atoms with E-state index in [4.69, 9.17) is 67.8 Å². The zero-order valence-electron chi connectivity index (χ0n) is 83.7. The topological polar surface area (TPSA) is 391 Å². The summed E-state index contributed by atoms with van der Waals surface area (Å²) in [6, 6.07) is 23.3. The van der Waals surface area contributed by atoms with Crippen LogP contribution in [-0.4, -0.2) is 178 Å². The Hall–Kier alpha value is -8.72. The Labute approximate surface area is 799 Å². The van der Waals surface area contributed by atoms with Gasteiger partial charge in [0.25, 0.3) is 0 Å². The van der Waals surface area contributed by atoms with E-state index in [1.165, 1.54) is 50.3 Å². The first-order chi connectivity index (χ1) is 64.6. The third kappa shape index (κ3) is 37.0. The summed E-state index contributed by atoms with van der Waals surface area (Å²) >= 11 is 0. The maximum Gasteiger partial charge on any atom is 0.508 e. The van der Waals surface area contributed by atoms with Gasteiger partial charge in [-0.3, -0.25) is 9.59 Å². The Balaban J connectivity index is 0.000000308. The third-order valence-electron chi connectivity index (χ3n) is 28.1. The monoisotopic (exact) mass is 1880 g/mol. The standard InChI is InChI=1S/2C25H36O7.2C25H36O6.4C2H6/c1-3-4-5-8-18(32-25(29)30-2)10-11-19-20-12-16-7-6-9-23(31-15-24(27)28)21(16)13-17(20)14-22(19)26;1-3-4-5-8-18(26)10-11-19-20-12-16-7-6-9-22(31-15-24(27)28)21(16)13-17(20)14-23(19)32-25(29)30-2;1-3-4-5-8-19(31-16(2)26)10-11-20-21-12-17-7-6-9-24(30-15-25(28)29)22(17)13-18(21)14-23(20)27;1-3-4-5-8-19(27)10-11-20-21-12-17-7-6-9-23(30-15-25(28)29)22(17)13-18(21)14-24(20)31-16(2)26;4*1-2/h6-7,9,17-20,22,26H,3-5,8,10-15H2,1-2H3,(H,27,28);6-7,9,17-20,23,26H,3-5,8,10-15H2,1-2H3,(H,27,28);6-7,9,18-21,23,27H,3-5,8,10-15H2,1-2H3,(H,28,29);6-7,9,18-21,24,27H,3-5,8,10-15H2,1-2H3,(H,28,29);4*1-2H3/t17-,18-,19+,20-,22+;17-,18-,19+,20-,23+;18-,19-,20+,21-,23+;18-,19-,20+,21-,24+;;;;/m0000..../s1. The van der Waals surface area contributed by atoms with Crippen LogP contribution in [0.1, 0.15) is 321 Å². The Bertz CT molecular complexity index is 4110. The highest BCUT2D eigenvalue weighted by Gasteiger charge is 2.51. The van der Waals surface area contributed by atoms with Crippen LogP contribution in [0.4, 0.5) is 9.59 Å². The maximum atomic E-state index is 11.9. The molecule has 8 aliphatic rings. The average Bonchev–Trinajstić information content (AvgIpc) is 1.62. The first-order valence-electron chi connectivity index (χ1n) is 51.0. The minimum atomic E-state index is -0.999. The lowest BCUT2D eigenvalue weighted by Crippen LogP contribution is -2.29. The van der Waals surface area contributed by atoms with Crippen molar-refractivity contribution in [3.05, 3.63) is 117 Å². The van der Waals surface area contributed by atoms with Gasteiger partial charge in [0, 0.05) is 13.8 Å². The third-order valence-corrected chi connectivity index (χ3v) is 28.1. The highest BCUT2D eigenvalue weighted by molar-refractivity contribution is 5.70. The summed E-state index contributed by atoms with van der Waals surface area (Å²) in [6.45, 7) is 26.1. The van der Waals surface area contributed by atoms with Crippen molar-refractivity contribution in [1.29, 1.82) is 0 Å². The molecule has 12 rings (SSSR count). The summed E-state index contributed by atoms with van der Waals surface area (Å²) in [7, 11) is 2.64. The van der Waals surface area contributed by atoms with Gasteiger partial charge in [-0.2, -0.15) is 0 Å². The van der Waals surface area contributed by atoms with Crippen LogP contribution in [0.5, 0.6) is 23.0 Å². The number of carbonyl (C=O) groups excluding carboxylic acids is 4. The van der Waals surface area contributed by atoms with E-state index < -0.39 is 36.2 Å². The quantitative estimate of drug-likeness (QED) is 0.0116. The molecule has 20 atom stereocenters. The Morgan fingerprint density at radius 1 is 0.336 bits per heavy atom. The fourth-order valence-corrected chi connectivity index (χ4v) is 22.2. The molecule has 4 fully saturated rings. The molecular formula is C108H168O26. The number of ether oxygens (including phenoxy) is 10. The van der Waals surface area contributed by atoms with Gasteiger partial charge in [0.1, 0.15) is 47.4 Å². The molecule has 0 heterocycles. The molecule has 0 saturated heterocycles. The highest BCUT2D eigenvalue weighted by Crippen LogP contribution is 2.54. The van der Waals surface area contributed by atoms with Gasteiger partial charge in [-0.1, -0.05) is 196 Å². The van der Waals surface area contributed by atoms with Gasteiger partial charge in [-0.05, 0) is 307 Å². The summed E-state index contributed by atoms with van der Waals surface area (Å²) in [6.07, 6.45) is 29.2. The number of carboxylic acids is 4. The minimum Gasteiger partial charge on any atom is -0.482 e. The number of aliphatic hydroxyl groups is 4. The van der Waals surface area contributed by atoms with E-state index in [9.17, 15) is 58.8 Å². The molecule has 134 heavy (non-hydrogen) atoms.